The lowest BCUT2D eigenvalue weighted by Crippen LogP contribution is -2.50. The van der Waals surface area contributed by atoms with Crippen LogP contribution in [-0.4, -0.2) is 41.0 Å². The second-order valence-electron chi connectivity index (χ2n) is 7.00. The second-order valence-corrected chi connectivity index (χ2v) is 7.00. The van der Waals surface area contributed by atoms with Gasteiger partial charge in [0.15, 0.2) is 0 Å². The predicted molar refractivity (Wildman–Crippen MR) is 109 cm³/mol. The van der Waals surface area contributed by atoms with Gasteiger partial charge in [-0.3, -0.25) is 20.0 Å². The van der Waals surface area contributed by atoms with Crippen molar-refractivity contribution in [3.05, 3.63) is 71.6 Å². The lowest BCUT2D eigenvalue weighted by Gasteiger charge is -2.31. The van der Waals surface area contributed by atoms with Crippen LogP contribution >= 0.6 is 0 Å². The minimum Gasteiger partial charge on any atom is -0.334 e. The van der Waals surface area contributed by atoms with Gasteiger partial charge in [0, 0.05) is 32.0 Å². The number of pyridine rings is 1. The third-order valence-electron chi connectivity index (χ3n) is 5.09. The SMILES string of the molecule is Cc1ccncc1C1=CCN([C@H](C)C(=O)NC(=O)NCc2ccccc2)CC1. The fraction of sp³-hybridized carbons (Fsp3) is 0.318. The smallest absolute Gasteiger partial charge is 0.321 e. The number of rotatable bonds is 5. The van der Waals surface area contributed by atoms with Crippen molar-refractivity contribution in [2.45, 2.75) is 32.9 Å². The molecule has 0 spiro atoms. The molecular formula is C22H26N4O2. The summed E-state index contributed by atoms with van der Waals surface area (Å²) in [5.74, 6) is -0.292. The quantitative estimate of drug-likeness (QED) is 0.839. The summed E-state index contributed by atoms with van der Waals surface area (Å²) in [4.78, 5) is 30.7. The van der Waals surface area contributed by atoms with Crippen molar-refractivity contribution in [2.75, 3.05) is 13.1 Å². The van der Waals surface area contributed by atoms with Gasteiger partial charge < -0.3 is 5.32 Å². The maximum Gasteiger partial charge on any atom is 0.321 e. The average molecular weight is 378 g/mol. The number of carbonyl (C=O) groups excluding carboxylic acids is 2. The Balaban J connectivity index is 1.50. The van der Waals surface area contributed by atoms with Crippen molar-refractivity contribution in [1.82, 2.24) is 20.5 Å². The molecule has 2 N–H and O–H groups in total. The van der Waals surface area contributed by atoms with Gasteiger partial charge in [-0.05, 0) is 48.6 Å². The van der Waals surface area contributed by atoms with Crippen LogP contribution in [0, 0.1) is 6.92 Å². The zero-order valence-electron chi connectivity index (χ0n) is 16.3. The summed E-state index contributed by atoms with van der Waals surface area (Å²) in [6, 6.07) is 10.7. The van der Waals surface area contributed by atoms with Gasteiger partial charge in [0.1, 0.15) is 0 Å². The molecule has 146 valence electrons. The molecule has 1 aromatic carbocycles. The Labute approximate surface area is 165 Å². The molecule has 0 radical (unpaired) electrons. The Kier molecular flexibility index (Phi) is 6.55. The van der Waals surface area contributed by atoms with Gasteiger partial charge in [-0.25, -0.2) is 4.79 Å². The van der Waals surface area contributed by atoms with Gasteiger partial charge in [0.05, 0.1) is 6.04 Å². The zero-order valence-corrected chi connectivity index (χ0v) is 16.3. The Morgan fingerprint density at radius 3 is 2.68 bits per heavy atom. The first-order chi connectivity index (χ1) is 13.5. The molecule has 0 unspecified atom stereocenters. The lowest BCUT2D eigenvalue weighted by molar-refractivity contribution is -0.124. The van der Waals surface area contributed by atoms with Crippen LogP contribution in [0.5, 0.6) is 0 Å². The number of aromatic nitrogens is 1. The highest BCUT2D eigenvalue weighted by molar-refractivity contribution is 5.96. The molecule has 0 aliphatic carbocycles. The highest BCUT2D eigenvalue weighted by Crippen LogP contribution is 2.25. The monoisotopic (exact) mass is 378 g/mol. The molecule has 2 aromatic rings. The van der Waals surface area contributed by atoms with Crippen molar-refractivity contribution in [3.63, 3.8) is 0 Å². The number of hydrogen-bond acceptors (Lipinski definition) is 4. The van der Waals surface area contributed by atoms with Crippen LogP contribution in [-0.2, 0) is 11.3 Å². The maximum absolute atomic E-state index is 12.4. The molecule has 1 atom stereocenters. The normalized spacial score (nSPS) is 15.4. The molecule has 6 heteroatoms. The van der Waals surface area contributed by atoms with Crippen LogP contribution < -0.4 is 10.6 Å². The van der Waals surface area contributed by atoms with E-state index in [-0.39, 0.29) is 11.9 Å². The molecule has 1 aromatic heterocycles. The third kappa shape index (κ3) is 5.04. The first-order valence-corrected chi connectivity index (χ1v) is 9.51. The number of nitrogens with one attached hydrogen (secondary N) is 2. The van der Waals surface area contributed by atoms with Crippen LogP contribution in [0.25, 0.3) is 5.57 Å². The second kappa shape index (κ2) is 9.28. The van der Waals surface area contributed by atoms with Crippen molar-refractivity contribution in [3.8, 4) is 0 Å². The first kappa shape index (κ1) is 19.8. The number of aryl methyl sites for hydroxylation is 1. The molecule has 0 bridgehead atoms. The summed E-state index contributed by atoms with van der Waals surface area (Å²) < 4.78 is 0. The number of amides is 3. The summed E-state index contributed by atoms with van der Waals surface area (Å²) in [7, 11) is 0. The van der Waals surface area contributed by atoms with E-state index in [0.29, 0.717) is 13.1 Å². The topological polar surface area (TPSA) is 74.3 Å². The Morgan fingerprint density at radius 1 is 1.21 bits per heavy atom. The van der Waals surface area contributed by atoms with Crippen LogP contribution in [0.2, 0.25) is 0 Å². The van der Waals surface area contributed by atoms with E-state index in [1.807, 2.05) is 49.5 Å². The number of urea groups is 1. The van der Waals surface area contributed by atoms with Crippen LogP contribution in [0.4, 0.5) is 4.79 Å². The summed E-state index contributed by atoms with van der Waals surface area (Å²) in [5.41, 5.74) is 4.61. The fourth-order valence-electron chi connectivity index (χ4n) is 3.29. The van der Waals surface area contributed by atoms with Crippen LogP contribution in [0.3, 0.4) is 0 Å². The average Bonchev–Trinajstić information content (AvgIpc) is 2.73. The van der Waals surface area contributed by atoms with Crippen LogP contribution in [0.15, 0.2) is 54.9 Å². The van der Waals surface area contributed by atoms with Gasteiger partial charge in [-0.15, -0.1) is 0 Å². The molecule has 2 heterocycles. The Hall–Kier alpha value is -2.99. The molecule has 0 saturated carbocycles. The molecule has 0 fully saturated rings. The Bertz CT molecular complexity index is 864. The predicted octanol–water partition coefficient (Wildman–Crippen LogP) is 2.89. The molecule has 3 amide bonds. The maximum atomic E-state index is 12.4. The van der Waals surface area contributed by atoms with Gasteiger partial charge in [0.25, 0.3) is 0 Å². The van der Waals surface area contributed by atoms with E-state index >= 15 is 0 Å². The molecule has 0 saturated heterocycles. The lowest BCUT2D eigenvalue weighted by atomic mass is 9.97. The van der Waals surface area contributed by atoms with E-state index in [1.54, 1.807) is 6.20 Å². The summed E-state index contributed by atoms with van der Waals surface area (Å²) in [6.07, 6.45) is 6.69. The minimum absolute atomic E-state index is 0.292. The molecule has 3 rings (SSSR count). The highest BCUT2D eigenvalue weighted by atomic mass is 16.2. The molecule has 6 nitrogen and oxygen atoms in total. The number of carbonyl (C=O) groups is 2. The summed E-state index contributed by atoms with van der Waals surface area (Å²) in [5, 5.41) is 5.15. The van der Waals surface area contributed by atoms with E-state index in [1.165, 1.54) is 16.7 Å². The molecule has 28 heavy (non-hydrogen) atoms. The largest absolute Gasteiger partial charge is 0.334 e. The van der Waals surface area contributed by atoms with Gasteiger partial charge in [-0.2, -0.15) is 0 Å². The number of nitrogens with zero attached hydrogens (tertiary/aromatic N) is 2. The first-order valence-electron chi connectivity index (χ1n) is 9.51. The molecule has 1 aliphatic rings. The Morgan fingerprint density at radius 2 is 2.00 bits per heavy atom. The summed E-state index contributed by atoms with van der Waals surface area (Å²) >= 11 is 0. The van der Waals surface area contributed by atoms with E-state index in [0.717, 1.165) is 18.5 Å². The third-order valence-corrected chi connectivity index (χ3v) is 5.09. The highest BCUT2D eigenvalue weighted by Gasteiger charge is 2.25. The van der Waals surface area contributed by atoms with E-state index in [4.69, 9.17) is 0 Å². The standard InChI is InChI=1S/C22H26N4O2/c1-16-8-11-23-15-20(16)19-9-12-26(13-10-19)17(2)21(27)25-22(28)24-14-18-6-4-3-5-7-18/h3-9,11,15,17H,10,12-14H2,1-2H3,(H2,24,25,27,28)/t17-/m1/s1. The number of benzene rings is 1. The van der Waals surface area contributed by atoms with E-state index in [2.05, 4.69) is 33.5 Å². The van der Waals surface area contributed by atoms with E-state index in [9.17, 15) is 9.59 Å². The number of hydrogen-bond donors (Lipinski definition) is 2. The van der Waals surface area contributed by atoms with Gasteiger partial charge >= 0.3 is 6.03 Å². The summed E-state index contributed by atoms with van der Waals surface area (Å²) in [6.45, 7) is 5.72. The van der Waals surface area contributed by atoms with Crippen molar-refractivity contribution in [1.29, 1.82) is 0 Å². The van der Waals surface area contributed by atoms with Gasteiger partial charge in [0.2, 0.25) is 5.91 Å². The van der Waals surface area contributed by atoms with Gasteiger partial charge in [-0.1, -0.05) is 36.4 Å². The van der Waals surface area contributed by atoms with Crippen LogP contribution in [0.1, 0.15) is 30.0 Å². The van der Waals surface area contributed by atoms with Crippen molar-refractivity contribution >= 4 is 17.5 Å². The number of imide groups is 1. The molecular weight excluding hydrogens is 352 g/mol. The van der Waals surface area contributed by atoms with Crippen molar-refractivity contribution in [2.24, 2.45) is 0 Å². The zero-order chi connectivity index (χ0) is 19.9. The van der Waals surface area contributed by atoms with Crippen molar-refractivity contribution < 1.29 is 9.59 Å². The minimum atomic E-state index is -0.472. The fourth-order valence-corrected chi connectivity index (χ4v) is 3.29. The molecule has 1 aliphatic heterocycles. The van der Waals surface area contributed by atoms with E-state index < -0.39 is 6.03 Å².